The van der Waals surface area contributed by atoms with Crippen LogP contribution in [0.2, 0.25) is 0 Å². The Kier molecular flexibility index (Phi) is 16.1. The Balaban J connectivity index is 1.15. The molecule has 0 spiro atoms. The van der Waals surface area contributed by atoms with Crippen molar-refractivity contribution in [2.75, 3.05) is 26.4 Å². The van der Waals surface area contributed by atoms with Crippen LogP contribution in [-0.2, 0) is 37.9 Å². The van der Waals surface area contributed by atoms with E-state index in [1.165, 1.54) is 0 Å². The van der Waals surface area contributed by atoms with E-state index in [2.05, 4.69) is 0 Å². The van der Waals surface area contributed by atoms with Gasteiger partial charge in [0.15, 0.2) is 25.2 Å². The average molecular weight is 827 g/mol. The van der Waals surface area contributed by atoms with Crippen LogP contribution in [0.1, 0.15) is 12.8 Å². The van der Waals surface area contributed by atoms with E-state index in [-0.39, 0.29) is 12.8 Å². The first-order valence-electron chi connectivity index (χ1n) is 18.0. The molecule has 5 aliphatic rings. The fourth-order valence-corrected chi connectivity index (χ4v) is 7.06. The third-order valence-electron chi connectivity index (χ3n) is 10.7. The molecule has 0 amide bonds. The summed E-state index contributed by atoms with van der Waals surface area (Å²) in [5.74, 6) is 0. The van der Waals surface area contributed by atoms with Gasteiger partial charge in [-0.3, -0.25) is 0 Å². The van der Waals surface area contributed by atoms with Crippen molar-refractivity contribution in [3.05, 3.63) is 0 Å². The molecule has 0 bridgehead atoms. The smallest absolute Gasteiger partial charge is 0.186 e. The monoisotopic (exact) mass is 826 g/mol. The maximum absolute atomic E-state index is 10.6. The van der Waals surface area contributed by atoms with E-state index >= 15 is 0 Å². The summed E-state index contributed by atoms with van der Waals surface area (Å²) in [5.41, 5.74) is 0. The Morgan fingerprint density at radius 1 is 0.286 bits per heavy atom. The minimum Gasteiger partial charge on any atom is -0.394 e. The average Bonchev–Trinajstić information content (AvgIpc) is 3.18. The first kappa shape index (κ1) is 46.1. The molecule has 5 aliphatic heterocycles. The van der Waals surface area contributed by atoms with Crippen LogP contribution in [0.4, 0.5) is 0 Å². The molecular weight excluding hydrogens is 772 g/mol. The molecule has 17 N–H and O–H groups in total. The SMILES string of the molecule is OC[C@H]1O[C@H](OC[C@H]2O[C@H](OC[C@H]3O[C@H](OC[C@H]4O[C@H](CC[C@H]5O[C@H](O)[C@H](O)[C@@H](O)[C@@H]5O)[C@H](O)[C@@H](O)[C@@H]4O)[C@H](O)[C@@H](O)[C@@H]3O)[C@H](O)[C@@H](O)[C@@H]2O)[C@H](O)[C@@H](O)[C@@H]1O. The van der Waals surface area contributed by atoms with Crippen LogP contribution < -0.4 is 0 Å². The van der Waals surface area contributed by atoms with Crippen LogP contribution in [0.25, 0.3) is 0 Å². The molecule has 0 aromatic heterocycles. The van der Waals surface area contributed by atoms with Gasteiger partial charge in [0.1, 0.15) is 116 Å². The number of aliphatic hydroxyl groups excluding tert-OH is 17. The van der Waals surface area contributed by atoms with Crippen LogP contribution in [0.5, 0.6) is 0 Å². The van der Waals surface area contributed by atoms with Crippen molar-refractivity contribution >= 4 is 0 Å². The van der Waals surface area contributed by atoms with Crippen molar-refractivity contribution in [2.24, 2.45) is 0 Å². The van der Waals surface area contributed by atoms with Crippen LogP contribution in [-0.4, -0.2) is 267 Å². The van der Waals surface area contributed by atoms with Crippen molar-refractivity contribution in [1.29, 1.82) is 0 Å². The molecule has 5 heterocycles. The van der Waals surface area contributed by atoms with Gasteiger partial charge in [0.25, 0.3) is 0 Å². The standard InChI is InChI=1S/C31H54O25/c32-3-9-15(35)21(41)25(45)29(54-9)50-5-11-17(37)23(43)27(47)31(56-11)51-6-12-18(38)22(42)26(46)30(55-12)49-4-10-16(36)19(39)13(33)7(52-10)1-2-8-14(34)20(40)24(44)28(48)53-8/h7-48H,1-6H2/t7-,8-,9-,10-,11-,12-,13+,14-,15-,16-,17-,18-,19-,20+,21+,22+,23+,24-,25-,26-,27-,28+,29+,30+,31+/m1/s1. The van der Waals surface area contributed by atoms with Crippen LogP contribution in [0.15, 0.2) is 0 Å². The summed E-state index contributed by atoms with van der Waals surface area (Å²) in [4.78, 5) is 0. The second kappa shape index (κ2) is 19.6. The molecule has 25 heteroatoms. The molecule has 25 nitrogen and oxygen atoms in total. The molecular formula is C31H54O25. The van der Waals surface area contributed by atoms with Gasteiger partial charge < -0.3 is 125 Å². The number of rotatable bonds is 13. The number of ether oxygens (including phenoxy) is 8. The fraction of sp³-hybridized carbons (Fsp3) is 1.00. The second-order valence-corrected chi connectivity index (χ2v) is 14.5. The fourth-order valence-electron chi connectivity index (χ4n) is 7.06. The van der Waals surface area contributed by atoms with E-state index in [0.717, 1.165) is 0 Å². The highest BCUT2D eigenvalue weighted by Gasteiger charge is 2.51. The maximum Gasteiger partial charge on any atom is 0.186 e. The van der Waals surface area contributed by atoms with Crippen LogP contribution >= 0.6 is 0 Å². The number of aliphatic hydroxyl groups is 17. The lowest BCUT2D eigenvalue weighted by atomic mass is 9.90. The lowest BCUT2D eigenvalue weighted by Crippen LogP contribution is -2.63. The van der Waals surface area contributed by atoms with Gasteiger partial charge in [-0.15, -0.1) is 0 Å². The molecule has 0 aromatic carbocycles. The zero-order valence-electron chi connectivity index (χ0n) is 29.5. The van der Waals surface area contributed by atoms with E-state index in [9.17, 15) is 86.8 Å². The van der Waals surface area contributed by atoms with Gasteiger partial charge in [0, 0.05) is 0 Å². The Morgan fingerprint density at radius 3 is 0.964 bits per heavy atom. The first-order valence-corrected chi connectivity index (χ1v) is 18.0. The Hall–Kier alpha value is -1.00. The highest BCUT2D eigenvalue weighted by atomic mass is 16.7. The molecule has 0 unspecified atom stereocenters. The summed E-state index contributed by atoms with van der Waals surface area (Å²) < 4.78 is 43.6. The molecule has 5 rings (SSSR count). The predicted molar refractivity (Wildman–Crippen MR) is 170 cm³/mol. The Bertz CT molecular complexity index is 1210. The van der Waals surface area contributed by atoms with E-state index in [1.54, 1.807) is 0 Å². The maximum atomic E-state index is 10.6. The van der Waals surface area contributed by atoms with Gasteiger partial charge in [-0.25, -0.2) is 0 Å². The summed E-state index contributed by atoms with van der Waals surface area (Å²) in [7, 11) is 0. The third kappa shape index (κ3) is 9.79. The van der Waals surface area contributed by atoms with Crippen molar-refractivity contribution in [2.45, 2.75) is 166 Å². The van der Waals surface area contributed by atoms with Gasteiger partial charge in [0.2, 0.25) is 0 Å². The summed E-state index contributed by atoms with van der Waals surface area (Å²) in [6.45, 7) is -2.79. The van der Waals surface area contributed by atoms with Gasteiger partial charge in [0.05, 0.1) is 38.6 Å². The Morgan fingerprint density at radius 2 is 0.571 bits per heavy atom. The highest BCUT2D eigenvalue weighted by Crippen LogP contribution is 2.31. The molecule has 0 radical (unpaired) electrons. The Labute approximate surface area is 317 Å². The van der Waals surface area contributed by atoms with E-state index < -0.39 is 180 Å². The normalized spacial score (nSPS) is 53.2. The number of hydrogen-bond donors (Lipinski definition) is 17. The van der Waals surface area contributed by atoms with Crippen molar-refractivity contribution in [3.8, 4) is 0 Å². The second-order valence-electron chi connectivity index (χ2n) is 14.5. The van der Waals surface area contributed by atoms with E-state index in [0.29, 0.717) is 0 Å². The minimum absolute atomic E-state index is 0.169. The molecule has 0 saturated carbocycles. The van der Waals surface area contributed by atoms with E-state index in [1.807, 2.05) is 0 Å². The van der Waals surface area contributed by atoms with Gasteiger partial charge in [-0.05, 0) is 12.8 Å². The zero-order chi connectivity index (χ0) is 41.3. The van der Waals surface area contributed by atoms with Crippen molar-refractivity contribution in [3.63, 3.8) is 0 Å². The largest absolute Gasteiger partial charge is 0.394 e. The summed E-state index contributed by atoms with van der Waals surface area (Å²) >= 11 is 0. The summed E-state index contributed by atoms with van der Waals surface area (Å²) in [6.07, 6.45) is -42.5. The van der Waals surface area contributed by atoms with E-state index in [4.69, 9.17) is 37.9 Å². The zero-order valence-corrected chi connectivity index (χ0v) is 29.5. The quantitative estimate of drug-likeness (QED) is 0.0819. The van der Waals surface area contributed by atoms with Gasteiger partial charge in [-0.2, -0.15) is 0 Å². The lowest BCUT2D eigenvalue weighted by molar-refractivity contribution is -0.344. The molecule has 0 aromatic rings. The van der Waals surface area contributed by atoms with Gasteiger partial charge >= 0.3 is 0 Å². The van der Waals surface area contributed by atoms with Gasteiger partial charge in [-0.1, -0.05) is 0 Å². The minimum atomic E-state index is -1.94. The van der Waals surface area contributed by atoms with Crippen molar-refractivity contribution < 1.29 is 125 Å². The molecule has 56 heavy (non-hydrogen) atoms. The summed E-state index contributed by atoms with van der Waals surface area (Å²) in [6, 6.07) is 0. The lowest BCUT2D eigenvalue weighted by Gasteiger charge is -2.44. The first-order chi connectivity index (χ1) is 26.4. The topological polar surface area (TPSA) is 418 Å². The third-order valence-corrected chi connectivity index (χ3v) is 10.7. The molecule has 0 aliphatic carbocycles. The molecule has 5 fully saturated rings. The van der Waals surface area contributed by atoms with Crippen LogP contribution in [0, 0.1) is 0 Å². The molecule has 5 saturated heterocycles. The number of hydrogen-bond acceptors (Lipinski definition) is 25. The highest BCUT2D eigenvalue weighted by molar-refractivity contribution is 4.96. The predicted octanol–water partition coefficient (Wildman–Crippen LogP) is -11.1. The summed E-state index contributed by atoms with van der Waals surface area (Å²) in [5, 5.41) is 174. The molecule has 328 valence electrons. The van der Waals surface area contributed by atoms with Crippen LogP contribution in [0.3, 0.4) is 0 Å². The molecule has 25 atom stereocenters. The van der Waals surface area contributed by atoms with Crippen molar-refractivity contribution in [1.82, 2.24) is 0 Å².